The van der Waals surface area contributed by atoms with Gasteiger partial charge in [-0.05, 0) is 0 Å². The van der Waals surface area contributed by atoms with Gasteiger partial charge >= 0.3 is 32.6 Å². The van der Waals surface area contributed by atoms with Crippen molar-refractivity contribution in [2.24, 2.45) is 0 Å². The fourth-order valence-corrected chi connectivity index (χ4v) is 0. The van der Waals surface area contributed by atoms with Crippen molar-refractivity contribution in [3.8, 4) is 0 Å². The Morgan fingerprint density at radius 1 is 1.43 bits per heavy atom. The van der Waals surface area contributed by atoms with Crippen LogP contribution in [0.15, 0.2) is 0 Å². The third kappa shape index (κ3) is 1290. The van der Waals surface area contributed by atoms with Gasteiger partial charge in [-0.25, -0.2) is 0 Å². The first kappa shape index (κ1) is 9.89. The minimum atomic E-state index is -3.13. The first-order valence-corrected chi connectivity index (χ1v) is 3.44. The maximum atomic E-state index is 8.74. The van der Waals surface area contributed by atoms with Crippen molar-refractivity contribution in [3.05, 3.63) is 0 Å². The summed E-state index contributed by atoms with van der Waals surface area (Å²) in [6.07, 6.45) is 0. The van der Waals surface area contributed by atoms with Crippen LogP contribution in [0.2, 0.25) is 0 Å². The molecule has 0 aromatic heterocycles. The van der Waals surface area contributed by atoms with Gasteiger partial charge in [0.1, 0.15) is 0 Å². The third-order valence-electron chi connectivity index (χ3n) is 0. The Bertz CT molecular complexity index is 55.1. The zero-order chi connectivity index (χ0) is 6.28. The van der Waals surface area contributed by atoms with Crippen LogP contribution in [0.4, 0.5) is 0 Å². The monoisotopic (exact) mass is 138 g/mol. The summed E-state index contributed by atoms with van der Waals surface area (Å²) in [7, 11) is -3.13. The second-order valence-corrected chi connectivity index (χ2v) is 1.16. The molecule has 0 rings (SSSR count). The van der Waals surface area contributed by atoms with Gasteiger partial charge in [-0.2, -0.15) is 0 Å². The van der Waals surface area contributed by atoms with E-state index < -0.39 is 24.7 Å². The van der Waals surface area contributed by atoms with Crippen molar-refractivity contribution >= 4 is 24.7 Å². The van der Waals surface area contributed by atoms with Crippen molar-refractivity contribution < 1.29 is 22.0 Å². The molecular formula is H3AlO5Si. The summed E-state index contributed by atoms with van der Waals surface area (Å²) in [6, 6.07) is 0. The van der Waals surface area contributed by atoms with E-state index in [1.807, 2.05) is 0 Å². The van der Waals surface area contributed by atoms with E-state index >= 15 is 0 Å². The Hall–Kier alpha value is -0.251. The van der Waals surface area contributed by atoms with Crippen LogP contribution in [0.5, 0.6) is 0 Å². The molecule has 0 amide bonds. The summed E-state index contributed by atoms with van der Waals surface area (Å²) in [4.78, 5) is 14.3. The van der Waals surface area contributed by atoms with Crippen LogP contribution in [0.3, 0.4) is 0 Å². The van der Waals surface area contributed by atoms with E-state index in [-0.39, 0.29) is 0 Å². The van der Waals surface area contributed by atoms with Crippen molar-refractivity contribution in [3.63, 3.8) is 0 Å². The van der Waals surface area contributed by atoms with Crippen LogP contribution >= 0.6 is 0 Å². The molecule has 0 aromatic rings. The maximum absolute atomic E-state index is 8.74. The molecule has 0 aliphatic heterocycles. The molecule has 7 heteroatoms. The van der Waals surface area contributed by atoms with Crippen molar-refractivity contribution in [1.82, 2.24) is 0 Å². The average Bonchev–Trinajstić information content (AvgIpc) is 1.33. The molecule has 0 aliphatic rings. The van der Waals surface area contributed by atoms with Crippen LogP contribution in [0.1, 0.15) is 0 Å². The first-order valence-electron chi connectivity index (χ1n) is 1.15. The van der Waals surface area contributed by atoms with E-state index in [1.54, 1.807) is 0 Å². The molecule has 0 heterocycles. The molecule has 0 fully saturated rings. The Kier molecular flexibility index (Phi) is 13.0. The van der Waals surface area contributed by atoms with Gasteiger partial charge in [-0.3, -0.25) is 4.46 Å². The average molecular weight is 138 g/mol. The fourth-order valence-electron chi connectivity index (χ4n) is 0. The zero-order valence-electron chi connectivity index (χ0n) is 3.24. The normalized spacial score (nSPS) is 4.57. The Balaban J connectivity index is 0. The third-order valence-corrected chi connectivity index (χ3v) is 0. The zero-order valence-corrected chi connectivity index (χ0v) is 5.39. The molecule has 0 saturated carbocycles. The molecule has 7 heavy (non-hydrogen) atoms. The van der Waals surface area contributed by atoms with Gasteiger partial charge in [-0.1, -0.05) is 0 Å². The second-order valence-electron chi connectivity index (χ2n) is 0.388. The molecule has 5 nitrogen and oxygen atoms in total. The molecule has 0 bridgehead atoms. The van der Waals surface area contributed by atoms with Gasteiger partial charge in [-0.15, -0.1) is 0 Å². The Labute approximate surface area is 47.4 Å². The molecule has 0 unspecified atom stereocenters. The van der Waals surface area contributed by atoms with E-state index in [4.69, 9.17) is 22.0 Å². The quantitative estimate of drug-likeness (QED) is 0.317. The summed E-state index contributed by atoms with van der Waals surface area (Å²) in [5.41, 5.74) is 0. The van der Waals surface area contributed by atoms with Crippen LogP contribution in [-0.2, 0) is 8.27 Å². The summed E-state index contributed by atoms with van der Waals surface area (Å²) in [5.74, 6) is 0. The molecule has 40 valence electrons. The van der Waals surface area contributed by atoms with Gasteiger partial charge in [0.05, 0.1) is 0 Å². The summed E-state index contributed by atoms with van der Waals surface area (Å²) < 4.78 is 24.4. The van der Waals surface area contributed by atoms with Gasteiger partial charge in [0.25, 0.3) is 0 Å². The predicted molar refractivity (Wildman–Crippen MR) is 19.5 cm³/mol. The standard InChI is InChI=1S/Al.H2O3Si.H2O.O/c;1-4(2)3;;/h;1-2H;1H2;/q+1;;;/p-1. The molecular weight excluding hydrogens is 135 g/mol. The molecule has 0 atom stereocenters. The van der Waals surface area contributed by atoms with Gasteiger partial charge in [0.15, 0.2) is 0 Å². The summed E-state index contributed by atoms with van der Waals surface area (Å²) in [6.45, 7) is 0. The van der Waals surface area contributed by atoms with Crippen molar-refractivity contribution in [2.75, 3.05) is 0 Å². The van der Waals surface area contributed by atoms with Crippen molar-refractivity contribution in [1.29, 1.82) is 0 Å². The number of hydrogen-bond acceptors (Lipinski definition) is 2. The molecule has 0 spiro atoms. The predicted octanol–water partition coefficient (Wildman–Crippen LogP) is -2.67. The Morgan fingerprint density at radius 2 is 1.43 bits per heavy atom. The van der Waals surface area contributed by atoms with E-state index in [0.29, 0.717) is 0 Å². The van der Waals surface area contributed by atoms with Gasteiger partial charge in [0, 0.05) is 0 Å². The van der Waals surface area contributed by atoms with Crippen LogP contribution in [-0.4, -0.2) is 38.4 Å². The Morgan fingerprint density at radius 3 is 1.43 bits per heavy atom. The van der Waals surface area contributed by atoms with E-state index in [0.717, 1.165) is 0 Å². The topological polar surface area (TPSA) is 94.8 Å². The van der Waals surface area contributed by atoms with Crippen LogP contribution in [0.25, 0.3) is 0 Å². The minimum absolute atomic E-state index is 1.50. The van der Waals surface area contributed by atoms with Crippen molar-refractivity contribution in [2.45, 2.75) is 0 Å². The SMILES string of the molecule is O=[Si](O)O.[O]=[Al][OH]. The molecule has 3 N–H and O–H groups in total. The van der Waals surface area contributed by atoms with Crippen LogP contribution < -0.4 is 0 Å². The molecule has 0 aromatic carbocycles. The first-order chi connectivity index (χ1) is 3.15. The summed E-state index contributed by atoms with van der Waals surface area (Å²) >= 11 is -1.50. The second kappa shape index (κ2) is 9.23. The number of rotatable bonds is 0. The molecule has 0 saturated heterocycles. The van der Waals surface area contributed by atoms with E-state index in [2.05, 4.69) is 0 Å². The van der Waals surface area contributed by atoms with Gasteiger partial charge < -0.3 is 9.59 Å². The van der Waals surface area contributed by atoms with E-state index in [1.165, 1.54) is 0 Å². The fraction of sp³-hybridized carbons (Fsp3) is 0. The molecule has 0 radical (unpaired) electrons. The van der Waals surface area contributed by atoms with Crippen LogP contribution in [0, 0.1) is 0 Å². The van der Waals surface area contributed by atoms with Gasteiger partial charge in [0.2, 0.25) is 0 Å². The van der Waals surface area contributed by atoms with E-state index in [9.17, 15) is 0 Å². The number of hydrogen-bond donors (Lipinski definition) is 3. The summed E-state index contributed by atoms with van der Waals surface area (Å²) in [5, 5.41) is 0. The molecule has 0 aliphatic carbocycles.